The van der Waals surface area contributed by atoms with Gasteiger partial charge in [0.2, 0.25) is 23.6 Å². The highest BCUT2D eigenvalue weighted by Gasteiger charge is 2.35. The van der Waals surface area contributed by atoms with E-state index < -0.39 is 35.7 Å². The molecule has 4 amide bonds. The van der Waals surface area contributed by atoms with Crippen LogP contribution in [0.5, 0.6) is 0 Å². The fourth-order valence-electron chi connectivity index (χ4n) is 4.25. The van der Waals surface area contributed by atoms with Gasteiger partial charge in [0.25, 0.3) is 0 Å². The predicted octanol–water partition coefficient (Wildman–Crippen LogP) is 1.86. The van der Waals surface area contributed by atoms with Crippen LogP contribution < -0.4 is 22.1 Å². The van der Waals surface area contributed by atoms with E-state index >= 15 is 0 Å². The molecule has 10 heteroatoms. The Morgan fingerprint density at radius 2 is 1.65 bits per heavy atom. The van der Waals surface area contributed by atoms with Gasteiger partial charge in [0.15, 0.2) is 0 Å². The normalized spacial score (nSPS) is 20.2. The van der Waals surface area contributed by atoms with Crippen molar-refractivity contribution < 1.29 is 19.2 Å². The molecule has 0 aliphatic carbocycles. The van der Waals surface area contributed by atoms with E-state index in [2.05, 4.69) is 10.6 Å². The van der Waals surface area contributed by atoms with Gasteiger partial charge in [-0.3, -0.25) is 24.6 Å². The second kappa shape index (κ2) is 17.1. The van der Waals surface area contributed by atoms with Gasteiger partial charge < -0.3 is 27.0 Å². The summed E-state index contributed by atoms with van der Waals surface area (Å²) >= 11 is 0. The Labute approximate surface area is 220 Å². The van der Waals surface area contributed by atoms with Crippen molar-refractivity contribution in [3.05, 3.63) is 35.9 Å². The Balaban J connectivity index is 0.00000334. The number of primary amides is 1. The molecule has 1 fully saturated rings. The molecule has 1 aromatic rings. The summed E-state index contributed by atoms with van der Waals surface area (Å²) in [5.41, 5.74) is 11.8. The van der Waals surface area contributed by atoms with Crippen molar-refractivity contribution >= 4 is 29.5 Å². The quantitative estimate of drug-likeness (QED) is 0.123. The molecule has 3 unspecified atom stereocenters. The summed E-state index contributed by atoms with van der Waals surface area (Å²) in [7, 11) is 0. The van der Waals surface area contributed by atoms with Crippen LogP contribution in [-0.4, -0.2) is 59.5 Å². The molecule has 0 saturated carbocycles. The first-order valence-electron chi connectivity index (χ1n) is 13.3. The number of amidine groups is 1. The van der Waals surface area contributed by atoms with Crippen molar-refractivity contribution in [3.63, 3.8) is 0 Å². The molecule has 1 heterocycles. The predicted molar refractivity (Wildman–Crippen MR) is 145 cm³/mol. The first-order chi connectivity index (χ1) is 17.7. The molecular weight excluding hydrogens is 472 g/mol. The molecule has 1 aliphatic heterocycles. The minimum Gasteiger partial charge on any atom is -0.388 e. The lowest BCUT2D eigenvalue weighted by molar-refractivity contribution is -0.144. The van der Waals surface area contributed by atoms with E-state index in [4.69, 9.17) is 16.9 Å². The van der Waals surface area contributed by atoms with Gasteiger partial charge in [-0.05, 0) is 31.2 Å². The zero-order chi connectivity index (χ0) is 27.8. The highest BCUT2D eigenvalue weighted by atomic mass is 16.2. The average molecular weight is 517 g/mol. The van der Waals surface area contributed by atoms with E-state index in [9.17, 15) is 19.2 Å². The van der Waals surface area contributed by atoms with Gasteiger partial charge in [-0.25, -0.2) is 0 Å². The van der Waals surface area contributed by atoms with E-state index in [1.165, 1.54) is 4.90 Å². The third-order valence-corrected chi connectivity index (χ3v) is 6.05. The summed E-state index contributed by atoms with van der Waals surface area (Å²) in [4.78, 5) is 52.9. The van der Waals surface area contributed by atoms with E-state index in [1.807, 2.05) is 51.1 Å². The standard InChI is InChI=1S/C25H38N6O4.C2H6/c1-2-3-11-19-23(33)29-18(14-17-9-5-4-6-10-17)15-31(16-22(28)32)25(35)20(30-24(19)34)12-7-8-13-21(26)27;1-2/h4-6,9-10,18-20H,2-3,7-8,11-16H2,1H3,(H3,26,27)(H2,28,32)(H,29,33)(H,30,34);1-2H3. The molecule has 0 radical (unpaired) electrons. The molecule has 2 rings (SSSR count). The number of hydrogen-bond acceptors (Lipinski definition) is 5. The Morgan fingerprint density at radius 1 is 1.00 bits per heavy atom. The highest BCUT2D eigenvalue weighted by Crippen LogP contribution is 2.16. The van der Waals surface area contributed by atoms with Crippen molar-refractivity contribution in [2.24, 2.45) is 17.4 Å². The maximum absolute atomic E-state index is 13.5. The molecule has 206 valence electrons. The summed E-state index contributed by atoms with van der Waals surface area (Å²) in [5.74, 6) is -2.84. The van der Waals surface area contributed by atoms with Crippen molar-refractivity contribution in [3.8, 4) is 0 Å². The van der Waals surface area contributed by atoms with Gasteiger partial charge in [0.1, 0.15) is 12.0 Å². The van der Waals surface area contributed by atoms with Gasteiger partial charge in [0.05, 0.1) is 18.4 Å². The molecule has 0 bridgehead atoms. The number of nitrogens with one attached hydrogen (secondary N) is 3. The van der Waals surface area contributed by atoms with E-state index in [0.717, 1.165) is 12.0 Å². The largest absolute Gasteiger partial charge is 0.388 e. The number of carbonyl (C=O) groups is 4. The Hall–Kier alpha value is -3.43. The number of benzene rings is 1. The maximum atomic E-state index is 13.5. The summed E-state index contributed by atoms with van der Waals surface area (Å²) in [5, 5.41) is 13.1. The van der Waals surface area contributed by atoms with Crippen LogP contribution in [0.3, 0.4) is 0 Å². The van der Waals surface area contributed by atoms with Gasteiger partial charge in [-0.2, -0.15) is 0 Å². The van der Waals surface area contributed by atoms with Crippen LogP contribution in [-0.2, 0) is 25.6 Å². The smallest absolute Gasteiger partial charge is 0.245 e. The van der Waals surface area contributed by atoms with Gasteiger partial charge >= 0.3 is 0 Å². The minimum absolute atomic E-state index is 0.0572. The fraction of sp³-hybridized carbons (Fsp3) is 0.593. The van der Waals surface area contributed by atoms with E-state index in [0.29, 0.717) is 44.9 Å². The van der Waals surface area contributed by atoms with Crippen molar-refractivity contribution in [2.45, 2.75) is 84.2 Å². The Morgan fingerprint density at radius 3 is 2.24 bits per heavy atom. The molecule has 7 N–H and O–H groups in total. The zero-order valence-corrected chi connectivity index (χ0v) is 22.4. The fourth-order valence-corrected chi connectivity index (χ4v) is 4.25. The van der Waals surface area contributed by atoms with Crippen LogP contribution >= 0.6 is 0 Å². The number of amides is 4. The van der Waals surface area contributed by atoms with E-state index in [-0.39, 0.29) is 24.8 Å². The number of rotatable bonds is 12. The van der Waals surface area contributed by atoms with Crippen molar-refractivity contribution in [2.75, 3.05) is 13.1 Å². The molecule has 37 heavy (non-hydrogen) atoms. The average Bonchev–Trinajstić information content (AvgIpc) is 2.86. The van der Waals surface area contributed by atoms with Crippen LogP contribution in [0.15, 0.2) is 30.3 Å². The van der Waals surface area contributed by atoms with Gasteiger partial charge in [-0.15, -0.1) is 0 Å². The third kappa shape index (κ3) is 11.4. The molecule has 0 spiro atoms. The summed E-state index contributed by atoms with van der Waals surface area (Å²) < 4.78 is 0. The first-order valence-corrected chi connectivity index (χ1v) is 13.3. The summed E-state index contributed by atoms with van der Waals surface area (Å²) in [6.07, 6.45) is 4.15. The van der Waals surface area contributed by atoms with Gasteiger partial charge in [-0.1, -0.05) is 70.4 Å². The molecule has 3 atom stereocenters. The number of nitrogens with two attached hydrogens (primary N) is 2. The van der Waals surface area contributed by atoms with E-state index in [1.54, 1.807) is 0 Å². The Kier molecular flexibility index (Phi) is 14.6. The number of unbranched alkanes of at least 4 members (excludes halogenated alkanes) is 2. The zero-order valence-electron chi connectivity index (χ0n) is 22.4. The Bertz CT molecular complexity index is 892. The number of hydrogen-bond donors (Lipinski definition) is 5. The van der Waals surface area contributed by atoms with Crippen LogP contribution in [0, 0.1) is 11.3 Å². The highest BCUT2D eigenvalue weighted by molar-refractivity contribution is 6.02. The lowest BCUT2D eigenvalue weighted by atomic mass is 9.96. The van der Waals surface area contributed by atoms with Crippen LogP contribution in [0.4, 0.5) is 0 Å². The second-order valence-electron chi connectivity index (χ2n) is 9.11. The maximum Gasteiger partial charge on any atom is 0.245 e. The minimum atomic E-state index is -0.913. The third-order valence-electron chi connectivity index (χ3n) is 6.05. The lowest BCUT2D eigenvalue weighted by Gasteiger charge is -2.34. The van der Waals surface area contributed by atoms with Crippen LogP contribution in [0.1, 0.15) is 71.3 Å². The summed E-state index contributed by atoms with van der Waals surface area (Å²) in [6.45, 7) is 5.75. The van der Waals surface area contributed by atoms with Crippen molar-refractivity contribution in [1.29, 1.82) is 5.41 Å². The molecule has 1 saturated heterocycles. The molecule has 1 aromatic carbocycles. The van der Waals surface area contributed by atoms with Crippen LogP contribution in [0.25, 0.3) is 0 Å². The molecule has 0 aromatic heterocycles. The number of carbonyl (C=O) groups excluding carboxylic acids is 4. The van der Waals surface area contributed by atoms with Gasteiger partial charge in [0, 0.05) is 13.0 Å². The summed E-state index contributed by atoms with van der Waals surface area (Å²) in [6, 6.07) is 8.11. The molecule has 1 aliphatic rings. The second-order valence-corrected chi connectivity index (χ2v) is 9.11. The molecule has 10 nitrogen and oxygen atoms in total. The SMILES string of the molecule is CC.CCCCC1C(=O)NC(Cc2ccccc2)CN(CC(N)=O)C(=O)C(CCCCC(=N)N)NC1=O. The van der Waals surface area contributed by atoms with Crippen molar-refractivity contribution in [1.82, 2.24) is 15.5 Å². The molecular formula is C27H44N6O4. The first kappa shape index (κ1) is 31.6. The lowest BCUT2D eigenvalue weighted by Crippen LogP contribution is -2.59. The number of nitrogens with zero attached hydrogens (tertiary/aromatic N) is 1. The monoisotopic (exact) mass is 516 g/mol. The van der Waals surface area contributed by atoms with Crippen LogP contribution in [0.2, 0.25) is 0 Å². The topological polar surface area (TPSA) is 171 Å².